The number of fused-ring (bicyclic) bond motifs is 1. The second-order valence-corrected chi connectivity index (χ2v) is 6.01. The molecule has 128 valence electrons. The van der Waals surface area contributed by atoms with Crippen LogP contribution in [0.2, 0.25) is 0 Å². The molecule has 4 nitrogen and oxygen atoms in total. The van der Waals surface area contributed by atoms with Crippen LogP contribution in [0.1, 0.15) is 37.8 Å². The molecule has 0 saturated heterocycles. The molecular formula is C18H28ClN3O. The van der Waals surface area contributed by atoms with Gasteiger partial charge in [0.25, 0.3) is 0 Å². The van der Waals surface area contributed by atoms with E-state index in [1.165, 1.54) is 22.0 Å². The summed E-state index contributed by atoms with van der Waals surface area (Å²) >= 11 is 0. The van der Waals surface area contributed by atoms with Gasteiger partial charge >= 0.3 is 0 Å². The molecule has 4 N–H and O–H groups in total. The maximum atomic E-state index is 12.4. The number of aryl methyl sites for hydroxylation is 1. The lowest BCUT2D eigenvalue weighted by Gasteiger charge is -2.28. The molecule has 0 atom stereocenters. The zero-order valence-corrected chi connectivity index (χ0v) is 15.1. The van der Waals surface area contributed by atoms with Crippen LogP contribution in [0.25, 0.3) is 10.9 Å². The first-order chi connectivity index (χ1) is 10.6. The molecule has 0 fully saturated rings. The zero-order chi connectivity index (χ0) is 16.2. The molecule has 1 heterocycles. The Balaban J connectivity index is 0.00000264. The number of nitrogens with two attached hydrogens (primary N) is 1. The number of hydrogen-bond donors (Lipinski definition) is 3. The fourth-order valence-corrected chi connectivity index (χ4v) is 3.02. The summed E-state index contributed by atoms with van der Waals surface area (Å²) in [5.74, 6) is 0.0796. The molecule has 0 bridgehead atoms. The number of nitrogens with one attached hydrogen (secondary N) is 2. The van der Waals surface area contributed by atoms with Crippen LogP contribution in [0.3, 0.4) is 0 Å². The van der Waals surface area contributed by atoms with Crippen LogP contribution in [0.5, 0.6) is 0 Å². The molecule has 1 aromatic heterocycles. The van der Waals surface area contributed by atoms with Crippen molar-refractivity contribution in [2.75, 3.05) is 13.1 Å². The van der Waals surface area contributed by atoms with E-state index in [1.54, 1.807) is 0 Å². The van der Waals surface area contributed by atoms with Gasteiger partial charge in [0.1, 0.15) is 0 Å². The van der Waals surface area contributed by atoms with E-state index in [4.69, 9.17) is 5.73 Å². The molecule has 23 heavy (non-hydrogen) atoms. The Labute approximate surface area is 144 Å². The zero-order valence-electron chi connectivity index (χ0n) is 14.2. The average molecular weight is 338 g/mol. The molecule has 0 aliphatic carbocycles. The summed E-state index contributed by atoms with van der Waals surface area (Å²) in [6, 6.07) is 6.29. The number of para-hydroxylation sites is 1. The highest BCUT2D eigenvalue weighted by molar-refractivity contribution is 5.86. The van der Waals surface area contributed by atoms with E-state index < -0.39 is 5.41 Å². The van der Waals surface area contributed by atoms with Crippen LogP contribution in [0.15, 0.2) is 24.4 Å². The molecule has 2 rings (SSSR count). The quantitative estimate of drug-likeness (QED) is 0.725. The highest BCUT2D eigenvalue weighted by atomic mass is 35.5. The maximum Gasteiger partial charge on any atom is 0.227 e. The molecule has 0 spiro atoms. The van der Waals surface area contributed by atoms with Gasteiger partial charge in [0, 0.05) is 30.2 Å². The third-order valence-corrected chi connectivity index (χ3v) is 4.92. The summed E-state index contributed by atoms with van der Waals surface area (Å²) < 4.78 is 0. The van der Waals surface area contributed by atoms with Crippen molar-refractivity contribution >= 4 is 29.2 Å². The molecule has 1 amide bonds. The third kappa shape index (κ3) is 3.88. The molecule has 5 heteroatoms. The predicted octanol–water partition coefficient (Wildman–Crippen LogP) is 3.32. The number of aromatic nitrogens is 1. The summed E-state index contributed by atoms with van der Waals surface area (Å²) in [5, 5.41) is 4.30. The number of hydrogen-bond acceptors (Lipinski definition) is 2. The van der Waals surface area contributed by atoms with Gasteiger partial charge in [-0.2, -0.15) is 0 Å². The van der Waals surface area contributed by atoms with Crippen molar-refractivity contribution in [1.29, 1.82) is 0 Å². The molecule has 2 aromatic rings. The lowest BCUT2D eigenvalue weighted by atomic mass is 9.81. The van der Waals surface area contributed by atoms with Crippen LogP contribution < -0.4 is 11.1 Å². The van der Waals surface area contributed by atoms with Crippen LogP contribution in [0.4, 0.5) is 0 Å². The van der Waals surface area contributed by atoms with Gasteiger partial charge in [-0.15, -0.1) is 12.4 Å². The van der Waals surface area contributed by atoms with Gasteiger partial charge in [-0.05, 0) is 37.3 Å². The number of halogens is 1. The fourth-order valence-electron chi connectivity index (χ4n) is 3.02. The van der Waals surface area contributed by atoms with Crippen LogP contribution in [-0.4, -0.2) is 24.0 Å². The second-order valence-electron chi connectivity index (χ2n) is 6.01. The molecule has 0 unspecified atom stereocenters. The van der Waals surface area contributed by atoms with Crippen molar-refractivity contribution in [3.63, 3.8) is 0 Å². The van der Waals surface area contributed by atoms with E-state index in [-0.39, 0.29) is 18.3 Å². The van der Waals surface area contributed by atoms with Crippen molar-refractivity contribution in [3.8, 4) is 0 Å². The van der Waals surface area contributed by atoms with Gasteiger partial charge in [0.05, 0.1) is 5.41 Å². The highest BCUT2D eigenvalue weighted by Crippen LogP contribution is 2.25. The lowest BCUT2D eigenvalue weighted by Crippen LogP contribution is -2.45. The number of amides is 1. The predicted molar refractivity (Wildman–Crippen MR) is 99.1 cm³/mol. The fraction of sp³-hybridized carbons (Fsp3) is 0.500. The Bertz CT molecular complexity index is 638. The summed E-state index contributed by atoms with van der Waals surface area (Å²) in [7, 11) is 0. The molecule has 0 aliphatic heterocycles. The lowest BCUT2D eigenvalue weighted by molar-refractivity contribution is -0.131. The van der Waals surface area contributed by atoms with E-state index in [2.05, 4.69) is 35.4 Å². The Kier molecular flexibility index (Phi) is 7.10. The first-order valence-electron chi connectivity index (χ1n) is 8.12. The first-order valence-corrected chi connectivity index (χ1v) is 8.12. The van der Waals surface area contributed by atoms with Crippen LogP contribution >= 0.6 is 12.4 Å². The van der Waals surface area contributed by atoms with E-state index in [1.807, 2.05) is 20.0 Å². The Morgan fingerprint density at radius 1 is 1.30 bits per heavy atom. The minimum atomic E-state index is -0.420. The van der Waals surface area contributed by atoms with Gasteiger partial charge in [0.2, 0.25) is 5.91 Å². The molecule has 1 aromatic carbocycles. The van der Waals surface area contributed by atoms with Crippen molar-refractivity contribution in [3.05, 3.63) is 35.5 Å². The topological polar surface area (TPSA) is 70.9 Å². The molecule has 0 saturated carbocycles. The molecule has 0 aliphatic rings. The van der Waals surface area contributed by atoms with Gasteiger partial charge in [-0.1, -0.05) is 32.0 Å². The van der Waals surface area contributed by atoms with Crippen LogP contribution in [-0.2, 0) is 11.2 Å². The van der Waals surface area contributed by atoms with Gasteiger partial charge in [-0.3, -0.25) is 4.79 Å². The molecule has 0 radical (unpaired) electrons. The van der Waals surface area contributed by atoms with Crippen molar-refractivity contribution in [2.24, 2.45) is 11.1 Å². The van der Waals surface area contributed by atoms with Gasteiger partial charge in [-0.25, -0.2) is 0 Å². The van der Waals surface area contributed by atoms with E-state index in [9.17, 15) is 4.79 Å². The summed E-state index contributed by atoms with van der Waals surface area (Å²) in [5.41, 5.74) is 9.07. The standard InChI is InChI=1S/C18H27N3O.ClH/c1-4-18(5-2,12-19)17(22)20-10-9-14-11-21-16-13(3)7-6-8-15(14)16;/h6-8,11,21H,4-5,9-10,12,19H2,1-3H3,(H,20,22);1H. The summed E-state index contributed by atoms with van der Waals surface area (Å²) in [4.78, 5) is 15.7. The highest BCUT2D eigenvalue weighted by Gasteiger charge is 2.32. The van der Waals surface area contributed by atoms with Gasteiger partial charge < -0.3 is 16.0 Å². The van der Waals surface area contributed by atoms with E-state index >= 15 is 0 Å². The van der Waals surface area contributed by atoms with Crippen molar-refractivity contribution < 1.29 is 4.79 Å². The van der Waals surface area contributed by atoms with E-state index in [0.717, 1.165) is 19.3 Å². The van der Waals surface area contributed by atoms with Crippen molar-refractivity contribution in [1.82, 2.24) is 10.3 Å². The first kappa shape index (κ1) is 19.5. The number of benzene rings is 1. The average Bonchev–Trinajstić information content (AvgIpc) is 2.94. The molecular weight excluding hydrogens is 310 g/mol. The van der Waals surface area contributed by atoms with Gasteiger partial charge in [0.15, 0.2) is 0 Å². The summed E-state index contributed by atoms with van der Waals surface area (Å²) in [6.07, 6.45) is 4.42. The number of rotatable bonds is 7. The minimum absolute atomic E-state index is 0. The number of carbonyl (C=O) groups excluding carboxylic acids is 1. The van der Waals surface area contributed by atoms with Crippen molar-refractivity contribution in [2.45, 2.75) is 40.0 Å². The largest absolute Gasteiger partial charge is 0.361 e. The maximum absolute atomic E-state index is 12.4. The Morgan fingerprint density at radius 3 is 2.61 bits per heavy atom. The normalized spacial score (nSPS) is 11.3. The third-order valence-electron chi connectivity index (χ3n) is 4.92. The monoisotopic (exact) mass is 337 g/mol. The number of carbonyl (C=O) groups is 1. The SMILES string of the molecule is CCC(CC)(CN)C(=O)NCCc1c[nH]c2c(C)cccc12.Cl. The van der Waals surface area contributed by atoms with E-state index in [0.29, 0.717) is 13.1 Å². The Morgan fingerprint density at radius 2 is 2.00 bits per heavy atom. The Hall–Kier alpha value is -1.52. The summed E-state index contributed by atoms with van der Waals surface area (Å²) in [6.45, 7) is 7.19. The smallest absolute Gasteiger partial charge is 0.227 e. The number of aromatic amines is 1. The number of H-pyrrole nitrogens is 1. The second kappa shape index (κ2) is 8.37. The minimum Gasteiger partial charge on any atom is -0.361 e. The van der Waals surface area contributed by atoms with Crippen LogP contribution in [0, 0.1) is 12.3 Å².